The number of carbonyl (C=O) groups excluding carboxylic acids is 1. The van der Waals surface area contributed by atoms with E-state index in [9.17, 15) is 9.90 Å². The van der Waals surface area contributed by atoms with Crippen molar-refractivity contribution in [2.45, 2.75) is 87.9 Å². The van der Waals surface area contributed by atoms with Crippen LogP contribution in [0.4, 0.5) is 0 Å². The molecule has 0 aliphatic carbocycles. The van der Waals surface area contributed by atoms with E-state index in [1.54, 1.807) is 11.8 Å². The fourth-order valence-corrected chi connectivity index (χ4v) is 5.61. The summed E-state index contributed by atoms with van der Waals surface area (Å²) in [5, 5.41) is 15.2. The Bertz CT molecular complexity index is 930. The second kappa shape index (κ2) is 11.6. The van der Waals surface area contributed by atoms with E-state index in [-0.39, 0.29) is 22.7 Å². The number of benzene rings is 1. The average molecular weight is 486 g/mol. The van der Waals surface area contributed by atoms with E-state index in [1.165, 1.54) is 0 Å². The minimum absolute atomic E-state index is 0.00307. The molecule has 8 heteroatoms. The van der Waals surface area contributed by atoms with Gasteiger partial charge in [-0.2, -0.15) is 0 Å². The van der Waals surface area contributed by atoms with Crippen LogP contribution in [-0.4, -0.2) is 67.9 Å². The zero-order valence-electron chi connectivity index (χ0n) is 21.0. The van der Waals surface area contributed by atoms with Gasteiger partial charge in [0.1, 0.15) is 10.9 Å². The van der Waals surface area contributed by atoms with Crippen molar-refractivity contribution in [2.24, 2.45) is 5.73 Å². The molecule has 0 spiro atoms. The molecule has 1 aliphatic rings. The maximum absolute atomic E-state index is 13.3. The number of β-amino-alcohol motifs (C(OH)–C–C–N with tert-alkyl or cyclic N) is 1. The first-order chi connectivity index (χ1) is 16.0. The predicted molar refractivity (Wildman–Crippen MR) is 138 cm³/mol. The van der Waals surface area contributed by atoms with Gasteiger partial charge in [-0.1, -0.05) is 30.3 Å². The van der Waals surface area contributed by atoms with Gasteiger partial charge in [0.05, 0.1) is 12.1 Å². The molecule has 1 aliphatic heterocycles. The summed E-state index contributed by atoms with van der Waals surface area (Å²) in [5.41, 5.74) is 8.07. The Morgan fingerprint density at radius 2 is 1.97 bits per heavy atom. The number of hydrogen-bond donors (Lipinski definition) is 3. The number of aliphatic hydroxyl groups is 1. The van der Waals surface area contributed by atoms with E-state index in [0.29, 0.717) is 19.4 Å². The number of piperidine rings is 1. The third-order valence-corrected chi connectivity index (χ3v) is 7.14. The number of nitrogens with one attached hydrogen (secondary N) is 1. The van der Waals surface area contributed by atoms with E-state index in [0.717, 1.165) is 35.1 Å². The van der Waals surface area contributed by atoms with Gasteiger partial charge in [0, 0.05) is 35.6 Å². The molecule has 0 saturated carbocycles. The van der Waals surface area contributed by atoms with Crippen LogP contribution >= 0.6 is 11.8 Å². The van der Waals surface area contributed by atoms with Crippen LogP contribution in [0.3, 0.4) is 0 Å². The summed E-state index contributed by atoms with van der Waals surface area (Å²) in [6, 6.07) is 11.2. The number of rotatable bonds is 8. The lowest BCUT2D eigenvalue weighted by Gasteiger charge is -2.40. The number of carbonyl (C=O) groups is 1. The van der Waals surface area contributed by atoms with Crippen LogP contribution in [-0.2, 0) is 11.2 Å². The predicted octanol–water partition coefficient (Wildman–Crippen LogP) is 2.86. The first kappa shape index (κ1) is 26.6. The highest BCUT2D eigenvalue weighted by molar-refractivity contribution is 7.99. The Labute approximate surface area is 207 Å². The van der Waals surface area contributed by atoms with E-state index >= 15 is 0 Å². The van der Waals surface area contributed by atoms with Gasteiger partial charge in [-0.15, -0.1) is 11.8 Å². The smallest absolute Gasteiger partial charge is 0.237 e. The van der Waals surface area contributed by atoms with Gasteiger partial charge in [-0.25, -0.2) is 9.97 Å². The summed E-state index contributed by atoms with van der Waals surface area (Å²) < 4.78 is 0. The Morgan fingerprint density at radius 3 is 2.62 bits per heavy atom. The third kappa shape index (κ3) is 8.05. The van der Waals surface area contributed by atoms with Crippen molar-refractivity contribution in [1.29, 1.82) is 0 Å². The molecule has 34 heavy (non-hydrogen) atoms. The Morgan fingerprint density at radius 1 is 1.26 bits per heavy atom. The lowest BCUT2D eigenvalue weighted by molar-refractivity contribution is -0.129. The molecule has 4 atom stereocenters. The third-order valence-electron chi connectivity index (χ3n) is 5.93. The number of aromatic nitrogens is 2. The average Bonchev–Trinajstić information content (AvgIpc) is 2.73. The van der Waals surface area contributed by atoms with Crippen molar-refractivity contribution >= 4 is 17.7 Å². The number of thioether (sulfide) groups is 1. The van der Waals surface area contributed by atoms with Gasteiger partial charge in [0.2, 0.25) is 5.91 Å². The fourth-order valence-electron chi connectivity index (χ4n) is 4.34. The topological polar surface area (TPSA) is 104 Å². The Hall–Kier alpha value is -2.00. The molecule has 3 rings (SSSR count). The molecule has 7 nitrogen and oxygen atoms in total. The van der Waals surface area contributed by atoms with E-state index < -0.39 is 12.1 Å². The maximum Gasteiger partial charge on any atom is 0.237 e. The molecular formula is C26H39N5O2S. The number of aryl methyl sites for hydroxylation is 2. The molecule has 0 bridgehead atoms. The normalized spacial score (nSPS) is 21.1. The molecule has 4 N–H and O–H groups in total. The number of nitrogens with zero attached hydrogens (tertiary/aromatic N) is 3. The monoisotopic (exact) mass is 485 g/mol. The van der Waals surface area contributed by atoms with Gasteiger partial charge >= 0.3 is 0 Å². The highest BCUT2D eigenvalue weighted by Crippen LogP contribution is 2.32. The summed E-state index contributed by atoms with van der Waals surface area (Å²) in [6.07, 6.45) is 1.48. The second-order valence-corrected chi connectivity index (χ2v) is 11.7. The quantitative estimate of drug-likeness (QED) is 0.494. The van der Waals surface area contributed by atoms with Crippen molar-refractivity contribution in [3.05, 3.63) is 53.5 Å². The van der Waals surface area contributed by atoms with E-state index in [4.69, 9.17) is 5.73 Å². The Kier molecular flexibility index (Phi) is 9.09. The van der Waals surface area contributed by atoms with Gasteiger partial charge in [-0.3, -0.25) is 9.69 Å². The van der Waals surface area contributed by atoms with Crippen LogP contribution in [0.2, 0.25) is 0 Å². The first-order valence-electron chi connectivity index (χ1n) is 12.0. The number of hydrogen-bond acceptors (Lipinski definition) is 7. The molecule has 2 heterocycles. The summed E-state index contributed by atoms with van der Waals surface area (Å²) in [5.74, 6) is 0.758. The number of nitrogens with two attached hydrogens (primary N) is 1. The molecular weight excluding hydrogens is 446 g/mol. The van der Waals surface area contributed by atoms with Gasteiger partial charge in [0.15, 0.2) is 0 Å². The lowest BCUT2D eigenvalue weighted by Crippen LogP contribution is -2.58. The highest BCUT2D eigenvalue weighted by atomic mass is 32.2. The van der Waals surface area contributed by atoms with Crippen LogP contribution in [0.1, 0.15) is 50.7 Å². The standard InChI is InChI=1S/C26H39N5O2S/c1-17-13-24(29-18(2)28-17)34-20-11-12-31(22(15-20)25(33)30-26(3,4)5)16-23(32)21(27)14-19-9-7-6-8-10-19/h6-10,13,20-23,32H,11-12,14-16,27H2,1-5H3,(H,30,33)/t20-,21+,22+,23-/m1/s1. The van der Waals surface area contributed by atoms with E-state index in [1.807, 2.05) is 71.0 Å². The minimum Gasteiger partial charge on any atom is -0.390 e. The highest BCUT2D eigenvalue weighted by Gasteiger charge is 2.36. The zero-order valence-corrected chi connectivity index (χ0v) is 21.8. The van der Waals surface area contributed by atoms with Crippen LogP contribution < -0.4 is 11.1 Å². The summed E-state index contributed by atoms with van der Waals surface area (Å²) in [6.45, 7) is 10.9. The van der Waals surface area contributed by atoms with Crippen LogP contribution in [0, 0.1) is 13.8 Å². The first-order valence-corrected chi connectivity index (χ1v) is 12.9. The number of aliphatic hydroxyl groups excluding tert-OH is 1. The molecule has 0 radical (unpaired) electrons. The lowest BCUT2D eigenvalue weighted by atomic mass is 9.96. The van der Waals surface area contributed by atoms with Crippen molar-refractivity contribution in [1.82, 2.24) is 20.2 Å². The van der Waals surface area contributed by atoms with Crippen LogP contribution in [0.5, 0.6) is 0 Å². The molecule has 1 amide bonds. The zero-order chi connectivity index (χ0) is 24.9. The molecule has 1 saturated heterocycles. The SMILES string of the molecule is Cc1cc(S[C@@H]2CCN(C[C@@H](O)[C@@H](N)Cc3ccccc3)[C@H](C(=O)NC(C)(C)C)C2)nc(C)n1. The second-order valence-electron chi connectivity index (χ2n) is 10.3. The molecule has 0 unspecified atom stereocenters. The van der Waals surface area contributed by atoms with Gasteiger partial charge in [0.25, 0.3) is 0 Å². The number of amides is 1. The van der Waals surface area contributed by atoms with Crippen LogP contribution in [0.25, 0.3) is 0 Å². The largest absolute Gasteiger partial charge is 0.390 e. The number of likely N-dealkylation sites (tertiary alicyclic amines) is 1. The van der Waals surface area contributed by atoms with Crippen molar-refractivity contribution in [2.75, 3.05) is 13.1 Å². The maximum atomic E-state index is 13.3. The minimum atomic E-state index is -0.721. The molecule has 1 aromatic carbocycles. The van der Waals surface area contributed by atoms with Crippen molar-refractivity contribution in [3.63, 3.8) is 0 Å². The van der Waals surface area contributed by atoms with E-state index in [2.05, 4.69) is 20.2 Å². The van der Waals surface area contributed by atoms with Gasteiger partial charge < -0.3 is 16.2 Å². The Balaban J connectivity index is 1.69. The molecule has 2 aromatic rings. The van der Waals surface area contributed by atoms with Crippen molar-refractivity contribution in [3.8, 4) is 0 Å². The van der Waals surface area contributed by atoms with Crippen molar-refractivity contribution < 1.29 is 9.90 Å². The fraction of sp³-hybridized carbons (Fsp3) is 0.577. The summed E-state index contributed by atoms with van der Waals surface area (Å²) in [7, 11) is 0. The molecule has 1 aromatic heterocycles. The summed E-state index contributed by atoms with van der Waals surface area (Å²) in [4.78, 5) is 24.3. The van der Waals surface area contributed by atoms with Crippen LogP contribution in [0.15, 0.2) is 41.4 Å². The summed E-state index contributed by atoms with van der Waals surface area (Å²) >= 11 is 1.72. The van der Waals surface area contributed by atoms with Gasteiger partial charge in [-0.05, 0) is 65.5 Å². The molecule has 1 fully saturated rings. The molecule has 186 valence electrons.